The van der Waals surface area contributed by atoms with Gasteiger partial charge in [-0.2, -0.15) is 0 Å². The molecule has 0 unspecified atom stereocenters. The largest absolute Gasteiger partial charge is 0.324 e. The first kappa shape index (κ1) is 15.3. The molecular weight excluding hydrogens is 317 g/mol. The van der Waals surface area contributed by atoms with Crippen LogP contribution in [0.25, 0.3) is 0 Å². The molecule has 110 valence electrons. The third-order valence-electron chi connectivity index (χ3n) is 2.82. The number of anilines is 1. The molecule has 0 radical (unpaired) electrons. The van der Waals surface area contributed by atoms with Crippen LogP contribution in [0.5, 0.6) is 0 Å². The van der Waals surface area contributed by atoms with E-state index in [2.05, 4.69) is 10.4 Å². The fourth-order valence-corrected chi connectivity index (χ4v) is 2.34. The van der Waals surface area contributed by atoms with Gasteiger partial charge in [0.1, 0.15) is 5.56 Å². The van der Waals surface area contributed by atoms with Gasteiger partial charge in [0.15, 0.2) is 0 Å². The molecule has 2 N–H and O–H groups in total. The second-order valence-corrected chi connectivity index (χ2v) is 5.13. The zero-order valence-corrected chi connectivity index (χ0v) is 12.7. The average Bonchev–Trinajstić information content (AvgIpc) is 2.74. The van der Waals surface area contributed by atoms with E-state index in [1.807, 2.05) is 0 Å². The maximum atomic E-state index is 12.4. The molecule has 0 saturated heterocycles. The van der Waals surface area contributed by atoms with Crippen molar-refractivity contribution in [2.45, 2.75) is 6.92 Å². The Morgan fingerprint density at radius 3 is 2.43 bits per heavy atom. The van der Waals surface area contributed by atoms with Crippen LogP contribution in [-0.2, 0) is 11.8 Å². The summed E-state index contributed by atoms with van der Waals surface area (Å²) in [5, 5.41) is 5.27. The molecule has 0 aliphatic carbocycles. The Morgan fingerprint density at radius 2 is 1.90 bits per heavy atom. The number of ketones is 1. The molecule has 21 heavy (non-hydrogen) atoms. The van der Waals surface area contributed by atoms with Crippen molar-refractivity contribution in [2.75, 3.05) is 5.32 Å². The molecule has 0 spiro atoms. The van der Waals surface area contributed by atoms with Gasteiger partial charge in [-0.1, -0.05) is 23.2 Å². The van der Waals surface area contributed by atoms with Crippen molar-refractivity contribution in [1.29, 1.82) is 0 Å². The number of hydrogen-bond donors (Lipinski definition) is 2. The van der Waals surface area contributed by atoms with Crippen LogP contribution in [-0.4, -0.2) is 21.5 Å². The highest BCUT2D eigenvalue weighted by molar-refractivity contribution is 6.42. The van der Waals surface area contributed by atoms with E-state index in [0.717, 1.165) is 0 Å². The number of benzene rings is 1. The standard InChI is InChI=1S/C13H11Cl2N3O3/c1-6(19)17-11-9(14)4-3-7(10(11)15)12(20)8-5-16-18(2)13(8)21/h3-5,16H,1-2H3,(H,17,19). The molecule has 0 bridgehead atoms. The topological polar surface area (TPSA) is 84.0 Å². The zero-order valence-electron chi connectivity index (χ0n) is 11.2. The summed E-state index contributed by atoms with van der Waals surface area (Å²) in [4.78, 5) is 35.3. The van der Waals surface area contributed by atoms with Crippen LogP contribution in [0.2, 0.25) is 10.0 Å². The summed E-state index contributed by atoms with van der Waals surface area (Å²) in [7, 11) is 1.49. The van der Waals surface area contributed by atoms with Gasteiger partial charge in [0.25, 0.3) is 5.56 Å². The molecule has 1 aromatic heterocycles. The molecule has 0 saturated carbocycles. The molecule has 0 aliphatic rings. The summed E-state index contributed by atoms with van der Waals surface area (Å²) in [6.07, 6.45) is 1.30. The van der Waals surface area contributed by atoms with Gasteiger partial charge < -0.3 is 10.4 Å². The van der Waals surface area contributed by atoms with Gasteiger partial charge >= 0.3 is 0 Å². The number of nitrogens with zero attached hydrogens (tertiary/aromatic N) is 1. The lowest BCUT2D eigenvalue weighted by molar-refractivity contribution is -0.114. The van der Waals surface area contributed by atoms with E-state index in [1.165, 1.54) is 37.0 Å². The number of carbonyl (C=O) groups is 2. The zero-order chi connectivity index (χ0) is 15.7. The highest BCUT2D eigenvalue weighted by Gasteiger charge is 2.21. The predicted molar refractivity (Wildman–Crippen MR) is 80.2 cm³/mol. The Morgan fingerprint density at radius 1 is 1.24 bits per heavy atom. The van der Waals surface area contributed by atoms with Crippen molar-refractivity contribution in [3.8, 4) is 0 Å². The number of H-pyrrole nitrogens is 1. The molecule has 2 rings (SSSR count). The lowest BCUT2D eigenvalue weighted by Crippen LogP contribution is -2.19. The van der Waals surface area contributed by atoms with Gasteiger partial charge in [-0.25, -0.2) is 0 Å². The smallest absolute Gasteiger partial charge is 0.277 e. The van der Waals surface area contributed by atoms with E-state index in [0.29, 0.717) is 0 Å². The van der Waals surface area contributed by atoms with Crippen LogP contribution >= 0.6 is 23.2 Å². The normalized spacial score (nSPS) is 10.5. The van der Waals surface area contributed by atoms with Gasteiger partial charge in [-0.3, -0.25) is 19.1 Å². The van der Waals surface area contributed by atoms with Crippen molar-refractivity contribution in [3.63, 3.8) is 0 Å². The van der Waals surface area contributed by atoms with E-state index in [4.69, 9.17) is 23.2 Å². The molecule has 0 aliphatic heterocycles. The SMILES string of the molecule is CC(=O)Nc1c(Cl)ccc(C(=O)c2c[nH]n(C)c2=O)c1Cl. The monoisotopic (exact) mass is 327 g/mol. The van der Waals surface area contributed by atoms with Gasteiger partial charge in [-0.05, 0) is 12.1 Å². The first-order chi connectivity index (χ1) is 9.82. The van der Waals surface area contributed by atoms with Crippen molar-refractivity contribution in [1.82, 2.24) is 9.78 Å². The molecular formula is C13H11Cl2N3O3. The van der Waals surface area contributed by atoms with E-state index >= 15 is 0 Å². The van der Waals surface area contributed by atoms with Crippen molar-refractivity contribution in [2.24, 2.45) is 7.05 Å². The molecule has 1 heterocycles. The minimum Gasteiger partial charge on any atom is -0.324 e. The number of amides is 1. The van der Waals surface area contributed by atoms with Crippen LogP contribution in [0.15, 0.2) is 23.1 Å². The Hall–Kier alpha value is -2.05. The Kier molecular flexibility index (Phi) is 4.20. The van der Waals surface area contributed by atoms with Gasteiger partial charge in [-0.15, -0.1) is 0 Å². The van der Waals surface area contributed by atoms with Crippen LogP contribution in [0.1, 0.15) is 22.8 Å². The van der Waals surface area contributed by atoms with Gasteiger partial charge in [0.05, 0.1) is 15.7 Å². The number of carbonyl (C=O) groups excluding carboxylic acids is 2. The van der Waals surface area contributed by atoms with Crippen molar-refractivity contribution < 1.29 is 9.59 Å². The van der Waals surface area contributed by atoms with Crippen molar-refractivity contribution in [3.05, 3.63) is 49.9 Å². The summed E-state index contributed by atoms with van der Waals surface area (Å²) in [5.41, 5.74) is -0.284. The number of aromatic amines is 1. The third kappa shape index (κ3) is 2.86. The van der Waals surface area contributed by atoms with Gasteiger partial charge in [0, 0.05) is 25.7 Å². The minimum atomic E-state index is -0.551. The average molecular weight is 328 g/mol. The lowest BCUT2D eigenvalue weighted by atomic mass is 10.1. The molecule has 0 atom stereocenters. The summed E-state index contributed by atoms with van der Waals surface area (Å²) in [5.74, 6) is -0.925. The number of rotatable bonds is 3. The number of aromatic nitrogens is 2. The van der Waals surface area contributed by atoms with Crippen LogP contribution in [0.3, 0.4) is 0 Å². The number of hydrogen-bond acceptors (Lipinski definition) is 3. The first-order valence-electron chi connectivity index (χ1n) is 5.87. The third-order valence-corrected chi connectivity index (χ3v) is 3.53. The maximum Gasteiger partial charge on any atom is 0.277 e. The summed E-state index contributed by atoms with van der Waals surface area (Å²) < 4.78 is 1.17. The first-order valence-corrected chi connectivity index (χ1v) is 6.63. The summed E-state index contributed by atoms with van der Waals surface area (Å²) in [6.45, 7) is 1.29. The minimum absolute atomic E-state index is 0.00838. The van der Waals surface area contributed by atoms with E-state index in [9.17, 15) is 14.4 Å². The van der Waals surface area contributed by atoms with E-state index in [1.54, 1.807) is 0 Å². The molecule has 1 aromatic carbocycles. The molecule has 1 amide bonds. The lowest BCUT2D eigenvalue weighted by Gasteiger charge is -2.10. The second-order valence-electron chi connectivity index (χ2n) is 4.35. The quantitative estimate of drug-likeness (QED) is 0.847. The summed E-state index contributed by atoms with van der Waals surface area (Å²) >= 11 is 12.1. The Balaban J connectivity index is 2.55. The molecule has 6 nitrogen and oxygen atoms in total. The Labute approximate surface area is 129 Å². The second kappa shape index (κ2) is 5.75. The highest BCUT2D eigenvalue weighted by Crippen LogP contribution is 2.34. The fourth-order valence-electron chi connectivity index (χ4n) is 1.79. The van der Waals surface area contributed by atoms with E-state index in [-0.39, 0.29) is 32.8 Å². The molecule has 2 aromatic rings. The number of halogens is 2. The fraction of sp³-hybridized carbons (Fsp3) is 0.154. The number of nitrogens with one attached hydrogen (secondary N) is 2. The Bertz CT molecular complexity index is 792. The van der Waals surface area contributed by atoms with Crippen LogP contribution in [0, 0.1) is 0 Å². The van der Waals surface area contributed by atoms with E-state index < -0.39 is 11.3 Å². The van der Waals surface area contributed by atoms with Crippen LogP contribution < -0.4 is 10.9 Å². The predicted octanol–water partition coefficient (Wildman–Crippen LogP) is 2.21. The molecule has 8 heteroatoms. The summed E-state index contributed by atoms with van der Waals surface area (Å²) in [6, 6.07) is 2.84. The van der Waals surface area contributed by atoms with Crippen molar-refractivity contribution >= 4 is 40.6 Å². The maximum absolute atomic E-state index is 12.4. The number of aryl methyl sites for hydroxylation is 1. The molecule has 0 fully saturated rings. The van der Waals surface area contributed by atoms with Crippen LogP contribution in [0.4, 0.5) is 5.69 Å². The highest BCUT2D eigenvalue weighted by atomic mass is 35.5. The van der Waals surface area contributed by atoms with Gasteiger partial charge in [0.2, 0.25) is 11.7 Å².